The van der Waals surface area contributed by atoms with Gasteiger partial charge in [-0.2, -0.15) is 8.78 Å². The minimum atomic E-state index is -3.05. The fourth-order valence-electron chi connectivity index (χ4n) is 2.77. The number of ether oxygens (including phenoxy) is 3. The van der Waals surface area contributed by atoms with Crippen molar-refractivity contribution >= 4 is 17.7 Å². The summed E-state index contributed by atoms with van der Waals surface area (Å²) in [5, 5.41) is 0. The Morgan fingerprint density at radius 3 is 2.80 bits per heavy atom. The molecule has 0 N–H and O–H groups in total. The van der Waals surface area contributed by atoms with E-state index >= 15 is 0 Å². The van der Waals surface area contributed by atoms with Gasteiger partial charge in [-0.1, -0.05) is 18.2 Å². The van der Waals surface area contributed by atoms with Crippen molar-refractivity contribution in [2.75, 3.05) is 7.11 Å². The number of halogens is 2. The number of aryl methyl sites for hydroxylation is 1. The molecule has 0 fully saturated rings. The van der Waals surface area contributed by atoms with Crippen LogP contribution >= 0.6 is 0 Å². The van der Waals surface area contributed by atoms with E-state index in [1.54, 1.807) is 18.3 Å². The first-order valence-electron chi connectivity index (χ1n) is 8.83. The van der Waals surface area contributed by atoms with Gasteiger partial charge < -0.3 is 14.2 Å². The molecule has 0 spiro atoms. The number of esters is 1. The molecule has 0 unspecified atom stereocenters. The Balaban J connectivity index is 1.74. The van der Waals surface area contributed by atoms with Gasteiger partial charge in [0.15, 0.2) is 11.5 Å². The molecule has 1 aromatic carbocycles. The van der Waals surface area contributed by atoms with Gasteiger partial charge in [-0.3, -0.25) is 9.20 Å². The van der Waals surface area contributed by atoms with Gasteiger partial charge in [0.05, 0.1) is 12.8 Å². The molecule has 30 heavy (non-hydrogen) atoms. The first-order valence-corrected chi connectivity index (χ1v) is 8.83. The van der Waals surface area contributed by atoms with Crippen LogP contribution in [-0.2, 0) is 16.1 Å². The summed E-state index contributed by atoms with van der Waals surface area (Å²) in [6.07, 6.45) is 3.94. The molecular formula is C21H18F2N2O5. The molecule has 156 valence electrons. The topological polar surface area (TPSA) is 79.1 Å². The zero-order valence-electron chi connectivity index (χ0n) is 16.2. The molecule has 0 aliphatic carbocycles. The van der Waals surface area contributed by atoms with Crippen molar-refractivity contribution in [1.29, 1.82) is 0 Å². The molecule has 0 atom stereocenters. The highest BCUT2D eigenvalue weighted by Crippen LogP contribution is 2.33. The van der Waals surface area contributed by atoms with E-state index in [1.807, 2.05) is 13.0 Å². The maximum absolute atomic E-state index is 12.7. The normalized spacial score (nSPS) is 11.2. The first kappa shape index (κ1) is 21.0. The van der Waals surface area contributed by atoms with Crippen LogP contribution in [0.4, 0.5) is 8.78 Å². The summed E-state index contributed by atoms with van der Waals surface area (Å²) in [5.74, 6) is -0.839. The Morgan fingerprint density at radius 1 is 1.27 bits per heavy atom. The van der Waals surface area contributed by atoms with Crippen molar-refractivity contribution < 1.29 is 27.8 Å². The lowest BCUT2D eigenvalue weighted by Crippen LogP contribution is -2.17. The van der Waals surface area contributed by atoms with E-state index in [2.05, 4.69) is 9.72 Å². The van der Waals surface area contributed by atoms with Gasteiger partial charge in [-0.05, 0) is 30.7 Å². The Labute approximate surface area is 170 Å². The van der Waals surface area contributed by atoms with Crippen molar-refractivity contribution in [1.82, 2.24) is 9.38 Å². The zero-order chi connectivity index (χ0) is 21.7. The van der Waals surface area contributed by atoms with E-state index < -0.39 is 12.6 Å². The Bertz CT molecular complexity index is 1160. The molecule has 9 heteroatoms. The second kappa shape index (κ2) is 9.17. The van der Waals surface area contributed by atoms with Gasteiger partial charge >= 0.3 is 12.6 Å². The van der Waals surface area contributed by atoms with E-state index in [-0.39, 0.29) is 29.2 Å². The number of aromatic nitrogens is 2. The van der Waals surface area contributed by atoms with Crippen LogP contribution in [0, 0.1) is 6.92 Å². The standard InChI is InChI=1S/C21H18F2N2O5/c1-13-5-4-10-25-17(26)11-15(24-20(13)25)12-29-18(27)9-8-14-6-3-7-16(28-2)19(14)30-21(22)23/h3-11,21H,12H2,1-2H3/b9-8+. The lowest BCUT2D eigenvalue weighted by molar-refractivity contribution is -0.139. The van der Waals surface area contributed by atoms with E-state index in [0.717, 1.165) is 11.6 Å². The summed E-state index contributed by atoms with van der Waals surface area (Å²) in [6, 6.07) is 9.34. The van der Waals surface area contributed by atoms with Crippen LogP contribution in [0.5, 0.6) is 11.5 Å². The molecule has 0 saturated carbocycles. The number of methoxy groups -OCH3 is 1. The summed E-state index contributed by atoms with van der Waals surface area (Å²) in [5.41, 5.74) is 1.47. The number of alkyl halides is 2. The quantitative estimate of drug-likeness (QED) is 0.434. The van der Waals surface area contributed by atoms with E-state index in [0.29, 0.717) is 11.3 Å². The van der Waals surface area contributed by atoms with Crippen molar-refractivity contribution in [2.45, 2.75) is 20.1 Å². The average molecular weight is 416 g/mol. The maximum Gasteiger partial charge on any atom is 0.387 e. The number of hydrogen-bond acceptors (Lipinski definition) is 6. The van der Waals surface area contributed by atoms with Crippen LogP contribution in [0.1, 0.15) is 16.8 Å². The van der Waals surface area contributed by atoms with Gasteiger partial charge in [0, 0.05) is 23.9 Å². The van der Waals surface area contributed by atoms with Crippen molar-refractivity contribution in [3.8, 4) is 11.5 Å². The fourth-order valence-corrected chi connectivity index (χ4v) is 2.77. The predicted molar refractivity (Wildman–Crippen MR) is 105 cm³/mol. The predicted octanol–water partition coefficient (Wildman–Crippen LogP) is 3.37. The molecule has 7 nitrogen and oxygen atoms in total. The fraction of sp³-hybridized carbons (Fsp3) is 0.190. The van der Waals surface area contributed by atoms with Crippen LogP contribution in [-0.4, -0.2) is 29.1 Å². The number of para-hydroxylation sites is 1. The summed E-state index contributed by atoms with van der Waals surface area (Å²) in [6.45, 7) is -1.46. The third-order valence-corrected chi connectivity index (χ3v) is 4.14. The van der Waals surface area contributed by atoms with Crippen molar-refractivity contribution in [3.63, 3.8) is 0 Å². The van der Waals surface area contributed by atoms with Crippen molar-refractivity contribution in [2.24, 2.45) is 0 Å². The molecule has 2 aromatic heterocycles. The SMILES string of the molecule is COc1cccc(/C=C/C(=O)OCc2cc(=O)n3cccc(C)c3n2)c1OC(F)F. The number of fused-ring (bicyclic) bond motifs is 1. The minimum Gasteiger partial charge on any atom is -0.493 e. The highest BCUT2D eigenvalue weighted by Gasteiger charge is 2.14. The molecular weight excluding hydrogens is 398 g/mol. The molecule has 0 bridgehead atoms. The number of carbonyl (C=O) groups is 1. The Morgan fingerprint density at radius 2 is 2.07 bits per heavy atom. The zero-order valence-corrected chi connectivity index (χ0v) is 16.2. The molecule has 0 amide bonds. The van der Waals surface area contributed by atoms with Gasteiger partial charge in [-0.25, -0.2) is 9.78 Å². The molecule has 0 radical (unpaired) electrons. The van der Waals surface area contributed by atoms with Crippen LogP contribution in [0.2, 0.25) is 0 Å². The number of pyridine rings is 1. The summed E-state index contributed by atoms with van der Waals surface area (Å²) >= 11 is 0. The van der Waals surface area contributed by atoms with E-state index in [9.17, 15) is 18.4 Å². The van der Waals surface area contributed by atoms with Crippen LogP contribution < -0.4 is 15.0 Å². The molecule has 2 heterocycles. The van der Waals surface area contributed by atoms with Gasteiger partial charge in [0.25, 0.3) is 5.56 Å². The Hall–Kier alpha value is -3.75. The second-order valence-electron chi connectivity index (χ2n) is 6.17. The maximum atomic E-state index is 12.7. The molecule has 0 saturated heterocycles. The monoisotopic (exact) mass is 416 g/mol. The van der Waals surface area contributed by atoms with Gasteiger partial charge in [0.1, 0.15) is 12.3 Å². The molecule has 0 aliphatic rings. The largest absolute Gasteiger partial charge is 0.493 e. The minimum absolute atomic E-state index is 0.0991. The molecule has 0 aliphatic heterocycles. The van der Waals surface area contributed by atoms with Crippen molar-refractivity contribution in [3.05, 3.63) is 75.8 Å². The lowest BCUT2D eigenvalue weighted by Gasteiger charge is -2.12. The summed E-state index contributed by atoms with van der Waals surface area (Å²) < 4.78 is 41.3. The Kier molecular flexibility index (Phi) is 6.41. The number of nitrogens with zero attached hydrogens (tertiary/aromatic N) is 2. The van der Waals surface area contributed by atoms with Gasteiger partial charge in [0.2, 0.25) is 0 Å². The molecule has 3 aromatic rings. The van der Waals surface area contributed by atoms with E-state index in [4.69, 9.17) is 9.47 Å². The highest BCUT2D eigenvalue weighted by atomic mass is 19.3. The number of carbonyl (C=O) groups excluding carboxylic acids is 1. The third-order valence-electron chi connectivity index (χ3n) is 4.14. The van der Waals surface area contributed by atoms with Crippen LogP contribution in [0.25, 0.3) is 11.7 Å². The first-order chi connectivity index (χ1) is 14.4. The smallest absolute Gasteiger partial charge is 0.387 e. The van der Waals surface area contributed by atoms with Crippen LogP contribution in [0.15, 0.2) is 53.5 Å². The summed E-state index contributed by atoms with van der Waals surface area (Å²) in [4.78, 5) is 28.6. The third kappa shape index (κ3) is 4.80. The second-order valence-corrected chi connectivity index (χ2v) is 6.17. The number of rotatable bonds is 7. The van der Waals surface area contributed by atoms with E-state index in [1.165, 1.54) is 35.8 Å². The molecule has 3 rings (SSSR count). The number of hydrogen-bond donors (Lipinski definition) is 0. The van der Waals surface area contributed by atoms with Crippen LogP contribution in [0.3, 0.4) is 0 Å². The average Bonchev–Trinajstić information content (AvgIpc) is 2.72. The number of benzene rings is 1. The highest BCUT2D eigenvalue weighted by molar-refractivity contribution is 5.87. The van der Waals surface area contributed by atoms with Gasteiger partial charge in [-0.15, -0.1) is 0 Å². The lowest BCUT2D eigenvalue weighted by atomic mass is 10.1. The summed E-state index contributed by atoms with van der Waals surface area (Å²) in [7, 11) is 1.32.